The molecule has 0 bridgehead atoms. The molecule has 0 saturated carbocycles. The molecule has 0 aliphatic heterocycles. The molecule has 0 aromatic heterocycles. The molecule has 0 saturated heterocycles. The first-order valence-corrected chi connectivity index (χ1v) is 7.44. The highest BCUT2D eigenvalue weighted by atomic mass is 35.5. The minimum absolute atomic E-state index is 0.0785. The smallest absolute Gasteiger partial charge is 0.226 e. The quantitative estimate of drug-likeness (QED) is 0.406. The number of carbonyl (C=O) groups is 1. The summed E-state index contributed by atoms with van der Waals surface area (Å²) in [5.74, 6) is 0.564. The summed E-state index contributed by atoms with van der Waals surface area (Å²) < 4.78 is 4.95. The maximum Gasteiger partial charge on any atom is 0.226 e. The standard InChI is InChI=1S/C15H23ClN4O2/c1-11-12(16)5-4-6-13(11)20-14(21)7-8-18-15(17-2)19-9-10-22-3/h4-6H,7-10H2,1-3H3,(H,20,21)(H2,17,18,19). The van der Waals surface area contributed by atoms with Crippen molar-refractivity contribution in [1.82, 2.24) is 10.6 Å². The molecule has 1 aromatic rings. The molecule has 22 heavy (non-hydrogen) atoms. The molecule has 0 fully saturated rings. The van der Waals surface area contributed by atoms with Crippen molar-refractivity contribution in [3.05, 3.63) is 28.8 Å². The number of guanidine groups is 1. The summed E-state index contributed by atoms with van der Waals surface area (Å²) in [6, 6.07) is 5.44. The van der Waals surface area contributed by atoms with Gasteiger partial charge in [-0.3, -0.25) is 9.79 Å². The van der Waals surface area contributed by atoms with E-state index in [4.69, 9.17) is 16.3 Å². The van der Waals surface area contributed by atoms with E-state index in [1.807, 2.05) is 19.1 Å². The second kappa shape index (κ2) is 10.0. The third-order valence-electron chi connectivity index (χ3n) is 3.01. The number of benzene rings is 1. The molecule has 1 aromatic carbocycles. The van der Waals surface area contributed by atoms with Crippen molar-refractivity contribution in [2.45, 2.75) is 13.3 Å². The zero-order valence-corrected chi connectivity index (χ0v) is 14.0. The van der Waals surface area contributed by atoms with Crippen LogP contribution in [0.25, 0.3) is 0 Å². The second-order valence-electron chi connectivity index (χ2n) is 4.63. The Morgan fingerprint density at radius 1 is 1.32 bits per heavy atom. The zero-order valence-electron chi connectivity index (χ0n) is 13.2. The van der Waals surface area contributed by atoms with Crippen molar-refractivity contribution in [1.29, 1.82) is 0 Å². The number of hydrogen-bond acceptors (Lipinski definition) is 3. The first-order valence-electron chi connectivity index (χ1n) is 7.07. The van der Waals surface area contributed by atoms with Gasteiger partial charge in [-0.05, 0) is 24.6 Å². The lowest BCUT2D eigenvalue weighted by Gasteiger charge is -2.12. The lowest BCUT2D eigenvalue weighted by Crippen LogP contribution is -2.40. The number of hydrogen-bond donors (Lipinski definition) is 3. The Kier molecular flexibility index (Phi) is 8.32. The molecular weight excluding hydrogens is 304 g/mol. The lowest BCUT2D eigenvalue weighted by atomic mass is 10.2. The van der Waals surface area contributed by atoms with Crippen molar-refractivity contribution in [3.8, 4) is 0 Å². The molecule has 0 aliphatic rings. The Morgan fingerprint density at radius 2 is 2.05 bits per heavy atom. The summed E-state index contributed by atoms with van der Waals surface area (Å²) in [5.41, 5.74) is 1.60. The highest BCUT2D eigenvalue weighted by Crippen LogP contribution is 2.22. The van der Waals surface area contributed by atoms with E-state index in [1.54, 1.807) is 20.2 Å². The van der Waals surface area contributed by atoms with Gasteiger partial charge in [-0.25, -0.2) is 0 Å². The number of methoxy groups -OCH3 is 1. The third-order valence-corrected chi connectivity index (χ3v) is 3.42. The largest absolute Gasteiger partial charge is 0.383 e. The fourth-order valence-corrected chi connectivity index (χ4v) is 1.92. The molecule has 0 atom stereocenters. The first-order chi connectivity index (χ1) is 10.6. The van der Waals surface area contributed by atoms with Crippen LogP contribution in [0.2, 0.25) is 5.02 Å². The van der Waals surface area contributed by atoms with Crippen molar-refractivity contribution in [3.63, 3.8) is 0 Å². The Balaban J connectivity index is 2.35. The summed E-state index contributed by atoms with van der Waals surface area (Å²) in [4.78, 5) is 16.0. The molecule has 0 spiro atoms. The summed E-state index contributed by atoms with van der Waals surface area (Å²) in [7, 11) is 3.32. The lowest BCUT2D eigenvalue weighted by molar-refractivity contribution is -0.116. The van der Waals surface area contributed by atoms with Crippen LogP contribution >= 0.6 is 11.6 Å². The third kappa shape index (κ3) is 6.32. The number of aliphatic imine (C=N–C) groups is 1. The molecule has 0 radical (unpaired) electrons. The molecule has 0 unspecified atom stereocenters. The van der Waals surface area contributed by atoms with Gasteiger partial charge in [0, 0.05) is 44.4 Å². The minimum Gasteiger partial charge on any atom is -0.383 e. The highest BCUT2D eigenvalue weighted by Gasteiger charge is 2.07. The van der Waals surface area contributed by atoms with E-state index in [2.05, 4.69) is 20.9 Å². The van der Waals surface area contributed by atoms with Crippen LogP contribution in [-0.4, -0.2) is 45.7 Å². The van der Waals surface area contributed by atoms with E-state index in [9.17, 15) is 4.79 Å². The Hall–Kier alpha value is -1.79. The number of rotatable bonds is 7. The molecule has 0 aliphatic carbocycles. The number of nitrogens with one attached hydrogen (secondary N) is 3. The number of nitrogens with zero attached hydrogens (tertiary/aromatic N) is 1. The van der Waals surface area contributed by atoms with E-state index >= 15 is 0 Å². The van der Waals surface area contributed by atoms with Crippen LogP contribution in [0.3, 0.4) is 0 Å². The maximum atomic E-state index is 11.9. The van der Waals surface area contributed by atoms with Gasteiger partial charge in [-0.15, -0.1) is 0 Å². The van der Waals surface area contributed by atoms with Gasteiger partial charge in [0.15, 0.2) is 5.96 Å². The summed E-state index contributed by atoms with van der Waals surface area (Å²) in [6.45, 7) is 3.61. The molecular formula is C15H23ClN4O2. The van der Waals surface area contributed by atoms with E-state index < -0.39 is 0 Å². The van der Waals surface area contributed by atoms with Crippen molar-refractivity contribution in [2.24, 2.45) is 4.99 Å². The van der Waals surface area contributed by atoms with Crippen LogP contribution in [0, 0.1) is 6.92 Å². The number of carbonyl (C=O) groups excluding carboxylic acids is 1. The van der Waals surface area contributed by atoms with Gasteiger partial charge in [0.1, 0.15) is 0 Å². The monoisotopic (exact) mass is 326 g/mol. The van der Waals surface area contributed by atoms with Gasteiger partial charge < -0.3 is 20.7 Å². The number of anilines is 1. The average molecular weight is 327 g/mol. The van der Waals surface area contributed by atoms with Crippen molar-refractivity contribution >= 4 is 29.2 Å². The molecule has 7 heteroatoms. The molecule has 1 rings (SSSR count). The molecule has 0 heterocycles. The molecule has 1 amide bonds. The van der Waals surface area contributed by atoms with E-state index in [-0.39, 0.29) is 5.91 Å². The van der Waals surface area contributed by atoms with Gasteiger partial charge in [-0.1, -0.05) is 17.7 Å². The normalized spacial score (nSPS) is 11.2. The van der Waals surface area contributed by atoms with Crippen LogP contribution < -0.4 is 16.0 Å². The zero-order chi connectivity index (χ0) is 16.4. The highest BCUT2D eigenvalue weighted by molar-refractivity contribution is 6.31. The number of amides is 1. The Morgan fingerprint density at radius 3 is 2.73 bits per heavy atom. The van der Waals surface area contributed by atoms with E-state index in [0.717, 1.165) is 11.3 Å². The van der Waals surface area contributed by atoms with Gasteiger partial charge in [0.05, 0.1) is 6.61 Å². The fraction of sp³-hybridized carbons (Fsp3) is 0.467. The molecule has 6 nitrogen and oxygen atoms in total. The summed E-state index contributed by atoms with van der Waals surface area (Å²) >= 11 is 6.02. The van der Waals surface area contributed by atoms with Crippen molar-refractivity contribution < 1.29 is 9.53 Å². The van der Waals surface area contributed by atoms with Gasteiger partial charge in [0.2, 0.25) is 5.91 Å². The molecule has 122 valence electrons. The van der Waals surface area contributed by atoms with Crippen LogP contribution in [0.5, 0.6) is 0 Å². The topological polar surface area (TPSA) is 74.8 Å². The van der Waals surface area contributed by atoms with Crippen LogP contribution in [0.4, 0.5) is 5.69 Å². The summed E-state index contributed by atoms with van der Waals surface area (Å²) in [5, 5.41) is 9.63. The minimum atomic E-state index is -0.0785. The number of halogens is 1. The van der Waals surface area contributed by atoms with Crippen LogP contribution in [0.1, 0.15) is 12.0 Å². The molecule has 3 N–H and O–H groups in total. The predicted octanol–water partition coefficient (Wildman–Crippen LogP) is 1.79. The summed E-state index contributed by atoms with van der Waals surface area (Å²) in [6.07, 6.45) is 0.330. The second-order valence-corrected chi connectivity index (χ2v) is 5.04. The van der Waals surface area contributed by atoms with Crippen LogP contribution in [0.15, 0.2) is 23.2 Å². The van der Waals surface area contributed by atoms with Gasteiger partial charge in [-0.2, -0.15) is 0 Å². The van der Waals surface area contributed by atoms with Gasteiger partial charge >= 0.3 is 0 Å². The van der Waals surface area contributed by atoms with Gasteiger partial charge in [0.25, 0.3) is 0 Å². The first kappa shape index (κ1) is 18.3. The predicted molar refractivity (Wildman–Crippen MR) is 90.7 cm³/mol. The van der Waals surface area contributed by atoms with Crippen LogP contribution in [-0.2, 0) is 9.53 Å². The SMILES string of the molecule is CN=C(NCCOC)NCCC(=O)Nc1cccc(Cl)c1C. The van der Waals surface area contributed by atoms with Crippen molar-refractivity contribution in [2.75, 3.05) is 39.2 Å². The Labute approximate surface area is 136 Å². The Bertz CT molecular complexity index is 520. The fourth-order valence-electron chi connectivity index (χ4n) is 1.74. The van der Waals surface area contributed by atoms with E-state index in [0.29, 0.717) is 37.1 Å². The maximum absolute atomic E-state index is 11.9. The average Bonchev–Trinajstić information content (AvgIpc) is 2.50. The van der Waals surface area contributed by atoms with E-state index in [1.165, 1.54) is 0 Å². The number of ether oxygens (including phenoxy) is 1.